The Morgan fingerprint density at radius 1 is 1.14 bits per heavy atom. The number of nitrogens with zero attached hydrogens (tertiary/aromatic N) is 1. The molecule has 1 aliphatic heterocycles. The van der Waals surface area contributed by atoms with Crippen molar-refractivity contribution in [3.05, 3.63) is 39.9 Å². The molecule has 0 spiro atoms. The van der Waals surface area contributed by atoms with E-state index in [0.29, 0.717) is 23.5 Å². The first-order valence-corrected chi connectivity index (χ1v) is 15.1. The molecule has 1 aliphatic rings. The van der Waals surface area contributed by atoms with E-state index in [9.17, 15) is 23.1 Å². The van der Waals surface area contributed by atoms with Crippen LogP contribution in [0.3, 0.4) is 0 Å². The topological polar surface area (TPSA) is 146 Å². The summed E-state index contributed by atoms with van der Waals surface area (Å²) in [4.78, 5) is 11.0. The maximum Gasteiger partial charge on any atom is 0.475 e. The third-order valence-corrected chi connectivity index (χ3v) is 9.06. The van der Waals surface area contributed by atoms with Crippen molar-refractivity contribution >= 4 is 51.6 Å². The van der Waals surface area contributed by atoms with Gasteiger partial charge >= 0.3 is 7.82 Å². The van der Waals surface area contributed by atoms with Crippen LogP contribution in [0.25, 0.3) is 10.8 Å². The van der Waals surface area contributed by atoms with Crippen molar-refractivity contribution in [1.82, 2.24) is 4.72 Å². The zero-order valence-corrected chi connectivity index (χ0v) is 24.1. The summed E-state index contributed by atoms with van der Waals surface area (Å²) in [5.41, 5.74) is -0.433. The minimum Gasteiger partial charge on any atom is -0.384 e. The lowest BCUT2D eigenvalue weighted by molar-refractivity contribution is -0.383. The fourth-order valence-electron chi connectivity index (χ4n) is 3.94. The minimum absolute atomic E-state index is 0.0565. The van der Waals surface area contributed by atoms with E-state index >= 15 is 0 Å². The first-order chi connectivity index (χ1) is 16.9. The Morgan fingerprint density at radius 2 is 1.76 bits per heavy atom. The Kier molecular flexibility index (Phi) is 8.66. The lowest BCUT2D eigenvalue weighted by Crippen LogP contribution is -2.29. The molecular weight excluding hydrogens is 545 g/mol. The van der Waals surface area contributed by atoms with Gasteiger partial charge in [-0.3, -0.25) is 23.7 Å². The molecule has 0 aromatic heterocycles. The number of sulfonamides is 1. The summed E-state index contributed by atoms with van der Waals surface area (Å²) in [6.07, 6.45) is 0. The predicted molar refractivity (Wildman–Crippen MR) is 143 cm³/mol. The van der Waals surface area contributed by atoms with Crippen LogP contribution in [-0.2, 0) is 28.2 Å². The highest BCUT2D eigenvalue weighted by Gasteiger charge is 2.37. The first-order valence-electron chi connectivity index (χ1n) is 11.7. The molecule has 0 aliphatic carbocycles. The molecule has 0 saturated heterocycles. The molecule has 2 aromatic rings. The standard InChI is InChI=1S/C23H33ClN3O8PS/c1-22(2,3)34-36(30,35-23(4,5)6)33-10-9-26-37(31,32)16-7-8-17-18(11-16)20(27(28)29)12-19-21(17)15(13-24)14-25-19/h7-8,11-12,15,25-26H,9-10,13-14H2,1-6H3. The van der Waals surface area contributed by atoms with Crippen LogP contribution in [0.15, 0.2) is 29.2 Å². The van der Waals surface area contributed by atoms with Gasteiger partial charge in [0.25, 0.3) is 5.69 Å². The number of nitro groups is 1. The third-order valence-electron chi connectivity index (χ3n) is 5.18. The molecule has 3 rings (SSSR count). The second kappa shape index (κ2) is 10.8. The maximum absolute atomic E-state index is 13.1. The summed E-state index contributed by atoms with van der Waals surface area (Å²) >= 11 is 6.09. The lowest BCUT2D eigenvalue weighted by Gasteiger charge is -2.30. The molecule has 0 saturated carbocycles. The number of non-ortho nitro benzene ring substituents is 1. The van der Waals surface area contributed by atoms with Gasteiger partial charge in [-0.1, -0.05) is 6.07 Å². The molecule has 37 heavy (non-hydrogen) atoms. The second-order valence-corrected chi connectivity index (χ2v) is 14.2. The Labute approximate surface area is 222 Å². The highest BCUT2D eigenvalue weighted by molar-refractivity contribution is 7.89. The number of phosphoric acid groups is 1. The fourth-order valence-corrected chi connectivity index (χ4v) is 7.04. The first kappa shape index (κ1) is 29.8. The summed E-state index contributed by atoms with van der Waals surface area (Å²) in [6, 6.07) is 5.62. The number of nitro benzene ring substituents is 1. The van der Waals surface area contributed by atoms with E-state index in [4.69, 9.17) is 25.2 Å². The van der Waals surface area contributed by atoms with Crippen LogP contribution in [0.1, 0.15) is 53.0 Å². The van der Waals surface area contributed by atoms with Gasteiger partial charge in [-0.05, 0) is 64.6 Å². The Hall–Kier alpha value is -1.79. The van der Waals surface area contributed by atoms with Gasteiger partial charge in [0, 0.05) is 36.6 Å². The molecule has 2 N–H and O–H groups in total. The maximum atomic E-state index is 13.1. The van der Waals surface area contributed by atoms with Crippen LogP contribution in [0, 0.1) is 10.1 Å². The number of hydrogen-bond donors (Lipinski definition) is 2. The third kappa shape index (κ3) is 7.41. The van der Waals surface area contributed by atoms with Crippen molar-refractivity contribution in [2.45, 2.75) is 63.6 Å². The normalized spacial score (nSPS) is 16.6. The lowest BCUT2D eigenvalue weighted by atomic mass is 9.95. The largest absolute Gasteiger partial charge is 0.475 e. The molecule has 1 unspecified atom stereocenters. The van der Waals surface area contributed by atoms with Gasteiger partial charge in [0.1, 0.15) is 0 Å². The SMILES string of the molecule is CC(C)(C)OP(=O)(OCCNS(=O)(=O)c1ccc2c3c(cc([N+](=O)[O-])c2c1)NCC3CCl)OC(C)(C)C. The summed E-state index contributed by atoms with van der Waals surface area (Å²) in [5.74, 6) is 0.259. The fraction of sp³-hybridized carbons (Fsp3) is 0.565. The van der Waals surface area contributed by atoms with E-state index in [1.807, 2.05) is 0 Å². The molecule has 1 heterocycles. The van der Waals surface area contributed by atoms with Crippen molar-refractivity contribution in [1.29, 1.82) is 0 Å². The Balaban J connectivity index is 1.82. The smallest absolute Gasteiger partial charge is 0.384 e. The van der Waals surface area contributed by atoms with Crippen molar-refractivity contribution in [2.24, 2.45) is 0 Å². The van der Waals surface area contributed by atoms with E-state index < -0.39 is 34.0 Å². The van der Waals surface area contributed by atoms with E-state index in [2.05, 4.69) is 10.0 Å². The van der Waals surface area contributed by atoms with E-state index in [0.717, 1.165) is 5.56 Å². The quantitative estimate of drug-likeness (QED) is 0.122. The molecule has 2 aromatic carbocycles. The van der Waals surface area contributed by atoms with Gasteiger partial charge in [-0.15, -0.1) is 11.6 Å². The predicted octanol–water partition coefficient (Wildman–Crippen LogP) is 5.53. The number of anilines is 1. The molecular formula is C23H33ClN3O8PS. The van der Waals surface area contributed by atoms with E-state index in [1.54, 1.807) is 47.6 Å². The van der Waals surface area contributed by atoms with Crippen LogP contribution in [0.4, 0.5) is 11.4 Å². The molecule has 0 radical (unpaired) electrons. The molecule has 206 valence electrons. The van der Waals surface area contributed by atoms with Crippen LogP contribution < -0.4 is 10.0 Å². The van der Waals surface area contributed by atoms with Gasteiger partial charge < -0.3 is 5.32 Å². The summed E-state index contributed by atoms with van der Waals surface area (Å²) < 4.78 is 57.9. The Morgan fingerprint density at radius 3 is 2.30 bits per heavy atom. The van der Waals surface area contributed by atoms with Crippen LogP contribution in [0.2, 0.25) is 0 Å². The number of rotatable bonds is 10. The monoisotopic (exact) mass is 577 g/mol. The number of fused-ring (bicyclic) bond motifs is 3. The van der Waals surface area contributed by atoms with Gasteiger partial charge in [0.2, 0.25) is 10.0 Å². The minimum atomic E-state index is -4.08. The zero-order valence-electron chi connectivity index (χ0n) is 21.7. The molecule has 1 atom stereocenters. The summed E-state index contributed by atoms with van der Waals surface area (Å²) in [6.45, 7) is 10.2. The number of hydrogen-bond acceptors (Lipinski definition) is 9. The second-order valence-electron chi connectivity index (χ2n) is 10.6. The number of phosphoric ester groups is 1. The van der Waals surface area contributed by atoms with E-state index in [1.165, 1.54) is 18.2 Å². The van der Waals surface area contributed by atoms with Crippen LogP contribution >= 0.6 is 19.4 Å². The number of nitrogens with one attached hydrogen (secondary N) is 2. The highest BCUT2D eigenvalue weighted by Crippen LogP contribution is 2.55. The van der Waals surface area contributed by atoms with Crippen molar-refractivity contribution < 1.29 is 31.5 Å². The van der Waals surface area contributed by atoms with Crippen LogP contribution in [-0.4, -0.2) is 50.1 Å². The Bertz CT molecular complexity index is 1320. The van der Waals surface area contributed by atoms with Gasteiger partial charge in [0.15, 0.2) is 0 Å². The molecule has 14 heteroatoms. The number of alkyl halides is 1. The van der Waals surface area contributed by atoms with Crippen molar-refractivity contribution in [3.8, 4) is 0 Å². The average Bonchev–Trinajstić information content (AvgIpc) is 3.16. The molecule has 0 bridgehead atoms. The van der Waals surface area contributed by atoms with Gasteiger partial charge in [-0.2, -0.15) is 0 Å². The van der Waals surface area contributed by atoms with Crippen LogP contribution in [0.5, 0.6) is 0 Å². The van der Waals surface area contributed by atoms with Gasteiger partial charge in [-0.25, -0.2) is 17.7 Å². The highest BCUT2D eigenvalue weighted by atomic mass is 35.5. The number of halogens is 1. The van der Waals surface area contributed by atoms with Crippen molar-refractivity contribution in [3.63, 3.8) is 0 Å². The van der Waals surface area contributed by atoms with Gasteiger partial charge in [0.05, 0.1) is 33.0 Å². The number of benzene rings is 2. The summed E-state index contributed by atoms with van der Waals surface area (Å²) in [7, 11) is -8.09. The molecule has 0 amide bonds. The molecule has 11 nitrogen and oxygen atoms in total. The molecule has 0 fully saturated rings. The summed E-state index contributed by atoms with van der Waals surface area (Å²) in [5, 5.41) is 15.6. The van der Waals surface area contributed by atoms with Crippen molar-refractivity contribution in [2.75, 3.05) is 30.9 Å². The average molecular weight is 578 g/mol. The van der Waals surface area contributed by atoms with E-state index in [-0.39, 0.29) is 35.0 Å². The zero-order chi connectivity index (χ0) is 27.8.